The second-order valence-corrected chi connectivity index (χ2v) is 8.44. The van der Waals surface area contributed by atoms with E-state index in [1.165, 1.54) is 20.1 Å². The van der Waals surface area contributed by atoms with Gasteiger partial charge in [0.15, 0.2) is 11.6 Å². The van der Waals surface area contributed by atoms with Gasteiger partial charge in [0.05, 0.1) is 20.3 Å². The number of Topliss-reactive ketones (excluding diaryl/α,β-unsaturated/α-hetero) is 2. The molecule has 7 heteroatoms. The number of methoxy groups -OCH3 is 1. The lowest BCUT2D eigenvalue weighted by atomic mass is 9.95. The van der Waals surface area contributed by atoms with E-state index in [-0.39, 0.29) is 23.6 Å². The van der Waals surface area contributed by atoms with Crippen LogP contribution in [0.4, 0.5) is 0 Å². The number of rotatable bonds is 11. The van der Waals surface area contributed by atoms with E-state index >= 15 is 0 Å². The van der Waals surface area contributed by atoms with Crippen LogP contribution in [0.15, 0.2) is 36.4 Å². The first-order chi connectivity index (χ1) is 16.4. The number of hydrogen-bond acceptors (Lipinski definition) is 7. The highest BCUT2D eigenvalue weighted by atomic mass is 16.5. The van der Waals surface area contributed by atoms with Gasteiger partial charge < -0.3 is 19.5 Å². The number of piperidine rings is 1. The standard InChI is InChI=1S/C27H33NO6/c1-4-33-25-7-5-20(18(2)29)15-22(25)17-24(30)21-6-8-26(23(16-21)27(31)32-3)34-14-11-19-9-12-28-13-10-19/h5-8,15-16,19,28H,4,9-14,17H2,1-3H3. The molecule has 7 nitrogen and oxygen atoms in total. The van der Waals surface area contributed by atoms with Crippen LogP contribution < -0.4 is 14.8 Å². The van der Waals surface area contributed by atoms with Crippen LogP contribution in [0, 0.1) is 5.92 Å². The summed E-state index contributed by atoms with van der Waals surface area (Å²) in [6, 6.07) is 9.91. The topological polar surface area (TPSA) is 90.9 Å². The number of nitrogens with one attached hydrogen (secondary N) is 1. The Morgan fingerprint density at radius 2 is 1.68 bits per heavy atom. The molecule has 0 radical (unpaired) electrons. The van der Waals surface area contributed by atoms with Crippen molar-refractivity contribution in [2.45, 2.75) is 39.5 Å². The quantitative estimate of drug-likeness (QED) is 0.390. The molecule has 0 unspecified atom stereocenters. The second kappa shape index (κ2) is 12.3. The van der Waals surface area contributed by atoms with Gasteiger partial charge in [0, 0.05) is 23.1 Å². The molecular formula is C27H33NO6. The molecule has 0 amide bonds. The molecule has 1 fully saturated rings. The highest BCUT2D eigenvalue weighted by molar-refractivity contribution is 6.02. The minimum Gasteiger partial charge on any atom is -0.494 e. The van der Waals surface area contributed by atoms with Gasteiger partial charge in [-0.25, -0.2) is 4.79 Å². The minimum atomic E-state index is -0.555. The third-order valence-electron chi connectivity index (χ3n) is 6.07. The number of esters is 1. The van der Waals surface area contributed by atoms with Crippen LogP contribution in [0.5, 0.6) is 11.5 Å². The molecule has 1 heterocycles. The fraction of sp³-hybridized carbons (Fsp3) is 0.444. The predicted molar refractivity (Wildman–Crippen MR) is 129 cm³/mol. The summed E-state index contributed by atoms with van der Waals surface area (Å²) in [5, 5.41) is 3.35. The molecule has 1 N–H and O–H groups in total. The predicted octanol–water partition coefficient (Wildman–Crippen LogP) is 4.27. The summed E-state index contributed by atoms with van der Waals surface area (Å²) >= 11 is 0. The first-order valence-corrected chi connectivity index (χ1v) is 11.8. The van der Waals surface area contributed by atoms with Crippen molar-refractivity contribution in [3.63, 3.8) is 0 Å². The van der Waals surface area contributed by atoms with E-state index in [2.05, 4.69) is 5.32 Å². The van der Waals surface area contributed by atoms with Gasteiger partial charge in [0.25, 0.3) is 0 Å². The van der Waals surface area contributed by atoms with Crippen molar-refractivity contribution >= 4 is 17.5 Å². The fourth-order valence-corrected chi connectivity index (χ4v) is 4.11. The summed E-state index contributed by atoms with van der Waals surface area (Å²) in [4.78, 5) is 37.3. The first-order valence-electron chi connectivity index (χ1n) is 11.8. The number of ether oxygens (including phenoxy) is 3. The van der Waals surface area contributed by atoms with Gasteiger partial charge in [-0.2, -0.15) is 0 Å². The zero-order chi connectivity index (χ0) is 24.5. The van der Waals surface area contributed by atoms with Crippen molar-refractivity contribution in [1.29, 1.82) is 0 Å². The van der Waals surface area contributed by atoms with Crippen LogP contribution in [-0.4, -0.2) is 50.9 Å². The molecule has 1 aliphatic heterocycles. The molecule has 182 valence electrons. The summed E-state index contributed by atoms with van der Waals surface area (Å²) < 4.78 is 16.5. The number of hydrogen-bond donors (Lipinski definition) is 1. The molecule has 2 aromatic carbocycles. The van der Waals surface area contributed by atoms with Crippen LogP contribution in [0.25, 0.3) is 0 Å². The van der Waals surface area contributed by atoms with Crippen molar-refractivity contribution in [1.82, 2.24) is 5.32 Å². The molecule has 0 saturated carbocycles. The zero-order valence-electron chi connectivity index (χ0n) is 20.1. The van der Waals surface area contributed by atoms with Crippen molar-refractivity contribution in [2.75, 3.05) is 33.4 Å². The minimum absolute atomic E-state index is 0.0347. The van der Waals surface area contributed by atoms with Crippen LogP contribution in [-0.2, 0) is 11.2 Å². The lowest BCUT2D eigenvalue weighted by molar-refractivity contribution is 0.0595. The molecule has 34 heavy (non-hydrogen) atoms. The first kappa shape index (κ1) is 25.4. The summed E-state index contributed by atoms with van der Waals surface area (Å²) in [6.07, 6.45) is 3.19. The van der Waals surface area contributed by atoms with Crippen LogP contribution in [0.2, 0.25) is 0 Å². The monoisotopic (exact) mass is 467 g/mol. The summed E-state index contributed by atoms with van der Waals surface area (Å²) in [6.45, 7) is 6.32. The highest BCUT2D eigenvalue weighted by Crippen LogP contribution is 2.26. The Hall–Kier alpha value is -3.19. The Bertz CT molecular complexity index is 1030. The van der Waals surface area contributed by atoms with Crippen molar-refractivity contribution in [2.24, 2.45) is 5.92 Å². The average molecular weight is 468 g/mol. The third-order valence-corrected chi connectivity index (χ3v) is 6.07. The smallest absolute Gasteiger partial charge is 0.341 e. The Kier molecular flexibility index (Phi) is 9.22. The third kappa shape index (κ3) is 6.67. The van der Waals surface area contributed by atoms with Gasteiger partial charge in [-0.15, -0.1) is 0 Å². The summed E-state index contributed by atoms with van der Waals surface area (Å²) in [7, 11) is 1.30. The normalized spacial score (nSPS) is 13.9. The van der Waals surface area contributed by atoms with E-state index in [1.54, 1.807) is 30.3 Å². The second-order valence-electron chi connectivity index (χ2n) is 8.44. The molecule has 0 aromatic heterocycles. The number of ketones is 2. The summed E-state index contributed by atoms with van der Waals surface area (Å²) in [5.41, 5.74) is 1.73. The molecule has 1 saturated heterocycles. The van der Waals surface area contributed by atoms with Gasteiger partial charge in [-0.3, -0.25) is 9.59 Å². The average Bonchev–Trinajstić information content (AvgIpc) is 2.85. The lowest BCUT2D eigenvalue weighted by Crippen LogP contribution is -2.28. The van der Waals surface area contributed by atoms with Crippen LogP contribution in [0.1, 0.15) is 69.7 Å². The summed E-state index contributed by atoms with van der Waals surface area (Å²) in [5.74, 6) is 0.732. The van der Waals surface area contributed by atoms with E-state index < -0.39 is 5.97 Å². The maximum Gasteiger partial charge on any atom is 0.341 e. The Morgan fingerprint density at radius 3 is 2.35 bits per heavy atom. The molecular weight excluding hydrogens is 434 g/mol. The molecule has 3 rings (SSSR count). The zero-order valence-corrected chi connectivity index (χ0v) is 20.1. The number of carbonyl (C=O) groups is 3. The number of carbonyl (C=O) groups excluding carboxylic acids is 3. The Balaban J connectivity index is 1.77. The van der Waals surface area contributed by atoms with Crippen LogP contribution in [0.3, 0.4) is 0 Å². The lowest BCUT2D eigenvalue weighted by Gasteiger charge is -2.22. The van der Waals surface area contributed by atoms with Gasteiger partial charge >= 0.3 is 5.97 Å². The fourth-order valence-electron chi connectivity index (χ4n) is 4.11. The van der Waals surface area contributed by atoms with Crippen LogP contribution >= 0.6 is 0 Å². The molecule has 0 spiro atoms. The van der Waals surface area contributed by atoms with E-state index in [0.717, 1.165) is 32.4 Å². The maximum absolute atomic E-state index is 13.1. The van der Waals surface area contributed by atoms with Gasteiger partial charge in [-0.05, 0) is 88.5 Å². The largest absolute Gasteiger partial charge is 0.494 e. The SMILES string of the molecule is CCOc1ccc(C(C)=O)cc1CC(=O)c1ccc(OCCC2CCNCC2)c(C(=O)OC)c1. The van der Waals surface area contributed by atoms with E-state index in [4.69, 9.17) is 14.2 Å². The molecule has 2 aromatic rings. The van der Waals surface area contributed by atoms with Crippen molar-refractivity contribution < 1.29 is 28.6 Å². The Labute approximate surface area is 200 Å². The van der Waals surface area contributed by atoms with E-state index in [0.29, 0.717) is 47.3 Å². The molecule has 0 aliphatic carbocycles. The van der Waals surface area contributed by atoms with Crippen molar-refractivity contribution in [3.05, 3.63) is 58.7 Å². The van der Waals surface area contributed by atoms with Gasteiger partial charge in [-0.1, -0.05) is 0 Å². The van der Waals surface area contributed by atoms with E-state index in [1.807, 2.05) is 6.92 Å². The molecule has 0 atom stereocenters. The molecule has 1 aliphatic rings. The van der Waals surface area contributed by atoms with Crippen molar-refractivity contribution in [3.8, 4) is 11.5 Å². The Morgan fingerprint density at radius 1 is 0.971 bits per heavy atom. The number of benzene rings is 2. The molecule has 0 bridgehead atoms. The van der Waals surface area contributed by atoms with E-state index in [9.17, 15) is 14.4 Å². The maximum atomic E-state index is 13.1. The van der Waals surface area contributed by atoms with Gasteiger partial charge in [0.2, 0.25) is 0 Å². The highest BCUT2D eigenvalue weighted by Gasteiger charge is 2.20. The van der Waals surface area contributed by atoms with Gasteiger partial charge in [0.1, 0.15) is 17.1 Å².